The summed E-state index contributed by atoms with van der Waals surface area (Å²) in [5, 5.41) is 8.36. The Balaban J connectivity index is 2.24. The molecule has 0 aliphatic rings. The van der Waals surface area contributed by atoms with E-state index < -0.39 is 11.9 Å². The Labute approximate surface area is 104 Å². The highest BCUT2D eigenvalue weighted by Gasteiger charge is 2.09. The van der Waals surface area contributed by atoms with E-state index in [2.05, 4.69) is 0 Å². The van der Waals surface area contributed by atoms with Crippen LogP contribution in [-0.4, -0.2) is 29.4 Å². The molecule has 0 aromatic heterocycles. The molecule has 1 N–H and O–H groups in total. The van der Waals surface area contributed by atoms with Crippen molar-refractivity contribution in [1.29, 1.82) is 0 Å². The summed E-state index contributed by atoms with van der Waals surface area (Å²) in [6, 6.07) is 8.70. The minimum atomic E-state index is -1.05. The zero-order valence-corrected chi connectivity index (χ0v) is 9.80. The second-order valence-electron chi connectivity index (χ2n) is 3.65. The summed E-state index contributed by atoms with van der Waals surface area (Å²) in [6.07, 6.45) is -0.330. The van der Waals surface area contributed by atoms with Gasteiger partial charge in [0.1, 0.15) is 0 Å². The largest absolute Gasteiger partial charge is 0.481 e. The number of Topliss-reactive ketones (excluding diaryl/α,β-unsaturated/α-hetero) is 1. The number of rotatable bonds is 7. The first-order valence-electron chi connectivity index (χ1n) is 5.55. The van der Waals surface area contributed by atoms with Crippen LogP contribution >= 0.6 is 0 Å². The molecule has 0 radical (unpaired) electrons. The van der Waals surface area contributed by atoms with E-state index in [1.165, 1.54) is 0 Å². The van der Waals surface area contributed by atoms with Gasteiger partial charge >= 0.3 is 11.9 Å². The van der Waals surface area contributed by atoms with Crippen LogP contribution in [0.15, 0.2) is 30.3 Å². The molecule has 0 bridgehead atoms. The van der Waals surface area contributed by atoms with Gasteiger partial charge in [0.05, 0.1) is 19.4 Å². The molecule has 0 saturated carbocycles. The van der Waals surface area contributed by atoms with Crippen LogP contribution in [0.2, 0.25) is 0 Å². The lowest BCUT2D eigenvalue weighted by atomic mass is 10.1. The monoisotopic (exact) mass is 250 g/mol. The Hall–Kier alpha value is -2.17. The topological polar surface area (TPSA) is 80.7 Å². The van der Waals surface area contributed by atoms with Crippen molar-refractivity contribution in [3.63, 3.8) is 0 Å². The van der Waals surface area contributed by atoms with Crippen molar-refractivity contribution in [2.45, 2.75) is 19.3 Å². The van der Waals surface area contributed by atoms with Gasteiger partial charge in [-0.1, -0.05) is 30.3 Å². The molecule has 0 heterocycles. The standard InChI is InChI=1S/C13H14O5/c14-11(10-4-2-1-3-5-10)8-9-18-13(17)7-6-12(15)16/h1-5H,6-9H2,(H,15,16). The first kappa shape index (κ1) is 13.9. The molecular weight excluding hydrogens is 236 g/mol. The van der Waals surface area contributed by atoms with Crippen LogP contribution in [0.4, 0.5) is 0 Å². The number of esters is 1. The predicted molar refractivity (Wildman–Crippen MR) is 63.2 cm³/mol. The highest BCUT2D eigenvalue weighted by atomic mass is 16.5. The molecular formula is C13H14O5. The average Bonchev–Trinajstić information content (AvgIpc) is 2.37. The van der Waals surface area contributed by atoms with Crippen molar-refractivity contribution in [2.24, 2.45) is 0 Å². The van der Waals surface area contributed by atoms with Crippen LogP contribution in [-0.2, 0) is 14.3 Å². The molecule has 0 amide bonds. The van der Waals surface area contributed by atoms with Gasteiger partial charge in [-0.05, 0) is 0 Å². The SMILES string of the molecule is O=C(O)CCC(=O)OCCC(=O)c1ccccc1. The normalized spacial score (nSPS) is 9.78. The molecule has 0 unspecified atom stereocenters. The first-order valence-corrected chi connectivity index (χ1v) is 5.55. The van der Waals surface area contributed by atoms with Crippen LogP contribution in [0.5, 0.6) is 0 Å². The second kappa shape index (κ2) is 7.21. The van der Waals surface area contributed by atoms with E-state index >= 15 is 0 Å². The molecule has 1 aromatic rings. The minimum Gasteiger partial charge on any atom is -0.481 e. The number of carbonyl (C=O) groups excluding carboxylic acids is 2. The lowest BCUT2D eigenvalue weighted by molar-refractivity contribution is -0.147. The quantitative estimate of drug-likeness (QED) is 0.588. The molecule has 1 aromatic carbocycles. The molecule has 0 saturated heterocycles. The first-order chi connectivity index (χ1) is 8.59. The van der Waals surface area contributed by atoms with Gasteiger partial charge in [-0.25, -0.2) is 0 Å². The molecule has 0 spiro atoms. The van der Waals surface area contributed by atoms with E-state index in [1.54, 1.807) is 24.3 Å². The molecule has 0 aliphatic carbocycles. The summed E-state index contributed by atoms with van der Waals surface area (Å²) >= 11 is 0. The maximum absolute atomic E-state index is 11.6. The Morgan fingerprint density at radius 3 is 2.28 bits per heavy atom. The van der Waals surface area contributed by atoms with Crippen molar-refractivity contribution in [3.05, 3.63) is 35.9 Å². The third-order valence-corrected chi connectivity index (χ3v) is 2.23. The number of carboxylic acid groups (broad SMARTS) is 1. The zero-order valence-electron chi connectivity index (χ0n) is 9.80. The molecule has 18 heavy (non-hydrogen) atoms. The highest BCUT2D eigenvalue weighted by molar-refractivity contribution is 5.96. The van der Waals surface area contributed by atoms with Gasteiger partial charge in [0.2, 0.25) is 0 Å². The Morgan fingerprint density at radius 2 is 1.67 bits per heavy atom. The summed E-state index contributed by atoms with van der Waals surface area (Å²) in [5.41, 5.74) is 0.569. The number of carbonyl (C=O) groups is 3. The molecule has 0 fully saturated rings. The maximum atomic E-state index is 11.6. The van der Waals surface area contributed by atoms with Gasteiger partial charge in [0, 0.05) is 12.0 Å². The molecule has 5 heteroatoms. The number of aliphatic carboxylic acids is 1. The lowest BCUT2D eigenvalue weighted by Gasteiger charge is -2.03. The average molecular weight is 250 g/mol. The van der Waals surface area contributed by atoms with Crippen molar-refractivity contribution in [1.82, 2.24) is 0 Å². The molecule has 0 atom stereocenters. The van der Waals surface area contributed by atoms with Crippen LogP contribution in [0.1, 0.15) is 29.6 Å². The van der Waals surface area contributed by atoms with Crippen molar-refractivity contribution < 1.29 is 24.2 Å². The van der Waals surface area contributed by atoms with Crippen molar-refractivity contribution in [3.8, 4) is 0 Å². The molecule has 96 valence electrons. The summed E-state index contributed by atoms with van der Waals surface area (Å²) < 4.78 is 4.76. The number of benzene rings is 1. The number of ether oxygens (including phenoxy) is 1. The van der Waals surface area contributed by atoms with Crippen LogP contribution in [0.25, 0.3) is 0 Å². The van der Waals surface area contributed by atoms with Crippen molar-refractivity contribution in [2.75, 3.05) is 6.61 Å². The van der Waals surface area contributed by atoms with Gasteiger partial charge in [-0.3, -0.25) is 14.4 Å². The summed E-state index contributed by atoms with van der Waals surface area (Å²) in [6.45, 7) is -0.0216. The van der Waals surface area contributed by atoms with E-state index in [0.717, 1.165) is 0 Å². The Bertz CT molecular complexity index is 424. The van der Waals surface area contributed by atoms with Gasteiger partial charge in [0.25, 0.3) is 0 Å². The van der Waals surface area contributed by atoms with Crippen molar-refractivity contribution >= 4 is 17.7 Å². The fourth-order valence-corrected chi connectivity index (χ4v) is 1.31. The fourth-order valence-electron chi connectivity index (χ4n) is 1.31. The Morgan fingerprint density at radius 1 is 1.00 bits per heavy atom. The number of ketones is 1. The van der Waals surface area contributed by atoms with Gasteiger partial charge in [-0.15, -0.1) is 0 Å². The van der Waals surface area contributed by atoms with E-state index in [0.29, 0.717) is 5.56 Å². The third kappa shape index (κ3) is 5.25. The molecule has 1 rings (SSSR count). The molecule has 0 aliphatic heterocycles. The van der Waals surface area contributed by atoms with E-state index in [9.17, 15) is 14.4 Å². The number of hydrogen-bond donors (Lipinski definition) is 1. The van der Waals surface area contributed by atoms with Gasteiger partial charge in [0.15, 0.2) is 5.78 Å². The van der Waals surface area contributed by atoms with Crippen LogP contribution in [0, 0.1) is 0 Å². The predicted octanol–water partition coefficient (Wildman–Crippen LogP) is 1.67. The third-order valence-electron chi connectivity index (χ3n) is 2.23. The van der Waals surface area contributed by atoms with E-state index in [1.807, 2.05) is 6.07 Å². The Kier molecular flexibility index (Phi) is 5.57. The summed E-state index contributed by atoms with van der Waals surface area (Å²) in [4.78, 5) is 32.9. The van der Waals surface area contributed by atoms with Crippen LogP contribution < -0.4 is 0 Å². The summed E-state index contributed by atoms with van der Waals surface area (Å²) in [5.74, 6) is -1.76. The fraction of sp³-hybridized carbons (Fsp3) is 0.308. The van der Waals surface area contributed by atoms with E-state index in [-0.39, 0.29) is 31.7 Å². The zero-order chi connectivity index (χ0) is 13.4. The number of carboxylic acids is 1. The molecule has 5 nitrogen and oxygen atoms in total. The van der Waals surface area contributed by atoms with E-state index in [4.69, 9.17) is 9.84 Å². The minimum absolute atomic E-state index is 0.0216. The van der Waals surface area contributed by atoms with Gasteiger partial charge in [-0.2, -0.15) is 0 Å². The second-order valence-corrected chi connectivity index (χ2v) is 3.65. The maximum Gasteiger partial charge on any atom is 0.306 e. The van der Waals surface area contributed by atoms with Gasteiger partial charge < -0.3 is 9.84 Å². The van der Waals surface area contributed by atoms with Crippen LogP contribution in [0.3, 0.4) is 0 Å². The number of hydrogen-bond acceptors (Lipinski definition) is 4. The lowest BCUT2D eigenvalue weighted by Crippen LogP contribution is -2.11. The highest BCUT2D eigenvalue weighted by Crippen LogP contribution is 2.03. The smallest absolute Gasteiger partial charge is 0.306 e. The summed E-state index contributed by atoms with van der Waals surface area (Å²) in [7, 11) is 0.